The lowest BCUT2D eigenvalue weighted by Gasteiger charge is -2.14. The Morgan fingerprint density at radius 2 is 2.09 bits per heavy atom. The van der Waals surface area contributed by atoms with Gasteiger partial charge in [-0.05, 0) is 44.4 Å². The third-order valence-corrected chi connectivity index (χ3v) is 4.69. The molecule has 1 atom stereocenters. The molecule has 0 spiro atoms. The van der Waals surface area contributed by atoms with Gasteiger partial charge in [-0.3, -0.25) is 0 Å². The van der Waals surface area contributed by atoms with Crippen LogP contribution in [0.1, 0.15) is 28.8 Å². The first kappa shape index (κ1) is 17.0. The van der Waals surface area contributed by atoms with Crippen molar-refractivity contribution in [3.63, 3.8) is 0 Å². The van der Waals surface area contributed by atoms with Crippen LogP contribution in [0.3, 0.4) is 0 Å². The van der Waals surface area contributed by atoms with E-state index in [1.165, 1.54) is 5.56 Å². The van der Waals surface area contributed by atoms with Gasteiger partial charge in [0.05, 0.1) is 11.6 Å². The molecule has 2 aromatic rings. The van der Waals surface area contributed by atoms with E-state index in [0.29, 0.717) is 6.54 Å². The molecule has 118 valence electrons. The van der Waals surface area contributed by atoms with Gasteiger partial charge in [-0.2, -0.15) is 0 Å². The highest BCUT2D eigenvalue weighted by molar-refractivity contribution is 9.10. The summed E-state index contributed by atoms with van der Waals surface area (Å²) in [4.78, 5) is 17.1. The molecule has 0 aliphatic rings. The predicted molar refractivity (Wildman–Crippen MR) is 94.1 cm³/mol. The van der Waals surface area contributed by atoms with Crippen LogP contribution in [0.4, 0.5) is 4.79 Å². The Morgan fingerprint density at radius 3 is 2.73 bits per heavy atom. The molecule has 1 heterocycles. The molecule has 0 aliphatic carbocycles. The van der Waals surface area contributed by atoms with Crippen molar-refractivity contribution in [2.24, 2.45) is 0 Å². The molecule has 0 saturated heterocycles. The van der Waals surface area contributed by atoms with Gasteiger partial charge in [0, 0.05) is 21.6 Å². The maximum absolute atomic E-state index is 11.8. The number of hydrogen-bond acceptors (Lipinski definition) is 3. The van der Waals surface area contributed by atoms with Crippen LogP contribution >= 0.6 is 27.3 Å². The zero-order valence-electron chi connectivity index (χ0n) is 12.7. The highest BCUT2D eigenvalue weighted by Gasteiger charge is 2.08. The molecule has 1 unspecified atom stereocenters. The van der Waals surface area contributed by atoms with Gasteiger partial charge in [0.2, 0.25) is 0 Å². The molecule has 2 rings (SSSR count). The van der Waals surface area contributed by atoms with Crippen molar-refractivity contribution in [2.45, 2.75) is 39.3 Å². The monoisotopic (exact) mass is 381 g/mol. The lowest BCUT2D eigenvalue weighted by molar-refractivity contribution is 0.237. The molecule has 0 saturated carbocycles. The van der Waals surface area contributed by atoms with E-state index in [-0.39, 0.29) is 12.1 Å². The van der Waals surface area contributed by atoms with Crippen LogP contribution in [0.5, 0.6) is 0 Å². The van der Waals surface area contributed by atoms with Crippen LogP contribution in [0.25, 0.3) is 0 Å². The Morgan fingerprint density at radius 1 is 1.36 bits per heavy atom. The number of hydrogen-bond donors (Lipinski definition) is 2. The predicted octanol–water partition coefficient (Wildman–Crippen LogP) is 4.03. The summed E-state index contributed by atoms with van der Waals surface area (Å²) in [5.74, 6) is 0. The quantitative estimate of drug-likeness (QED) is 0.793. The van der Waals surface area contributed by atoms with E-state index < -0.39 is 0 Å². The topological polar surface area (TPSA) is 54.0 Å². The van der Waals surface area contributed by atoms with E-state index >= 15 is 0 Å². The number of aromatic nitrogens is 1. The zero-order chi connectivity index (χ0) is 15.9. The number of nitrogens with one attached hydrogen (secondary N) is 2. The fraction of sp³-hybridized carbons (Fsp3) is 0.375. The third-order valence-electron chi connectivity index (χ3n) is 3.25. The summed E-state index contributed by atoms with van der Waals surface area (Å²) in [6.45, 7) is 4.50. The molecule has 22 heavy (non-hydrogen) atoms. The second-order valence-corrected chi connectivity index (χ2v) is 7.47. The van der Waals surface area contributed by atoms with Gasteiger partial charge in [-0.1, -0.05) is 28.1 Å². The average molecular weight is 382 g/mol. The first-order valence-corrected chi connectivity index (χ1v) is 8.84. The molecule has 4 nitrogen and oxygen atoms in total. The van der Waals surface area contributed by atoms with Gasteiger partial charge >= 0.3 is 6.03 Å². The number of urea groups is 1. The smallest absolute Gasteiger partial charge is 0.315 e. The summed E-state index contributed by atoms with van der Waals surface area (Å²) >= 11 is 5.03. The minimum atomic E-state index is -0.130. The lowest BCUT2D eigenvalue weighted by Crippen LogP contribution is -2.40. The number of amides is 2. The van der Waals surface area contributed by atoms with Crippen LogP contribution in [0.2, 0.25) is 0 Å². The molecule has 0 aliphatic heterocycles. The third kappa shape index (κ3) is 5.77. The SMILES string of the molecule is Cc1ncc(CNC(=O)NC(C)CCc2ccc(Br)cc2)s1. The van der Waals surface area contributed by atoms with Gasteiger partial charge in [0.1, 0.15) is 0 Å². The maximum Gasteiger partial charge on any atom is 0.315 e. The number of nitrogens with zero attached hydrogens (tertiary/aromatic N) is 1. The molecular weight excluding hydrogens is 362 g/mol. The van der Waals surface area contributed by atoms with E-state index in [9.17, 15) is 4.79 Å². The number of halogens is 1. The summed E-state index contributed by atoms with van der Waals surface area (Å²) in [6.07, 6.45) is 3.66. The summed E-state index contributed by atoms with van der Waals surface area (Å²) in [6, 6.07) is 8.28. The molecule has 1 aromatic heterocycles. The van der Waals surface area contributed by atoms with Crippen molar-refractivity contribution < 1.29 is 4.79 Å². The minimum Gasteiger partial charge on any atom is -0.336 e. The Hall–Kier alpha value is -1.40. The first-order valence-electron chi connectivity index (χ1n) is 7.23. The molecule has 0 radical (unpaired) electrons. The van der Waals surface area contributed by atoms with Crippen molar-refractivity contribution in [3.8, 4) is 0 Å². The van der Waals surface area contributed by atoms with E-state index in [4.69, 9.17) is 0 Å². The van der Waals surface area contributed by atoms with Gasteiger partial charge in [0.25, 0.3) is 0 Å². The molecule has 2 N–H and O–H groups in total. The summed E-state index contributed by atoms with van der Waals surface area (Å²) in [7, 11) is 0. The van der Waals surface area contributed by atoms with Crippen LogP contribution in [-0.2, 0) is 13.0 Å². The maximum atomic E-state index is 11.8. The first-order chi connectivity index (χ1) is 10.5. The zero-order valence-corrected chi connectivity index (χ0v) is 15.1. The van der Waals surface area contributed by atoms with Crippen molar-refractivity contribution >= 4 is 33.3 Å². The number of thiazole rings is 1. The summed E-state index contributed by atoms with van der Waals surface area (Å²) < 4.78 is 1.08. The van der Waals surface area contributed by atoms with Crippen LogP contribution in [-0.4, -0.2) is 17.1 Å². The van der Waals surface area contributed by atoms with Crippen molar-refractivity contribution in [1.82, 2.24) is 15.6 Å². The number of carbonyl (C=O) groups excluding carboxylic acids is 1. The average Bonchev–Trinajstić information content (AvgIpc) is 2.90. The number of carbonyl (C=O) groups is 1. The summed E-state index contributed by atoms with van der Waals surface area (Å²) in [5, 5.41) is 6.84. The second kappa shape index (κ2) is 8.29. The van der Waals surface area contributed by atoms with Gasteiger partial charge in [-0.25, -0.2) is 9.78 Å². The Balaban J connectivity index is 1.68. The fourth-order valence-electron chi connectivity index (χ4n) is 2.04. The number of rotatable bonds is 6. The second-order valence-electron chi connectivity index (χ2n) is 5.24. The standard InChI is InChI=1S/C16H20BrN3OS/c1-11(3-4-13-5-7-14(17)8-6-13)20-16(21)19-10-15-9-18-12(2)22-15/h5-9,11H,3-4,10H2,1-2H3,(H2,19,20,21). The summed E-state index contributed by atoms with van der Waals surface area (Å²) in [5.41, 5.74) is 1.28. The van der Waals surface area contributed by atoms with Crippen LogP contribution < -0.4 is 10.6 Å². The molecular formula is C16H20BrN3OS. The van der Waals surface area contributed by atoms with E-state index in [2.05, 4.69) is 43.7 Å². The van der Waals surface area contributed by atoms with Gasteiger partial charge in [0.15, 0.2) is 0 Å². The Labute approximate surface area is 143 Å². The highest BCUT2D eigenvalue weighted by atomic mass is 79.9. The lowest BCUT2D eigenvalue weighted by atomic mass is 10.1. The van der Waals surface area contributed by atoms with Crippen molar-refractivity contribution in [2.75, 3.05) is 0 Å². The van der Waals surface area contributed by atoms with E-state index in [0.717, 1.165) is 27.2 Å². The van der Waals surface area contributed by atoms with Gasteiger partial charge in [-0.15, -0.1) is 11.3 Å². The van der Waals surface area contributed by atoms with Crippen molar-refractivity contribution in [3.05, 3.63) is 50.4 Å². The van der Waals surface area contributed by atoms with Crippen LogP contribution in [0, 0.1) is 6.92 Å². The largest absolute Gasteiger partial charge is 0.336 e. The van der Waals surface area contributed by atoms with Crippen LogP contribution in [0.15, 0.2) is 34.9 Å². The molecule has 6 heteroatoms. The Kier molecular flexibility index (Phi) is 6.39. The van der Waals surface area contributed by atoms with Gasteiger partial charge < -0.3 is 10.6 Å². The Bertz CT molecular complexity index is 612. The molecule has 0 fully saturated rings. The minimum absolute atomic E-state index is 0.130. The fourth-order valence-corrected chi connectivity index (χ4v) is 3.03. The number of aryl methyl sites for hydroxylation is 2. The molecule has 2 amide bonds. The highest BCUT2D eigenvalue weighted by Crippen LogP contribution is 2.13. The van der Waals surface area contributed by atoms with Crippen molar-refractivity contribution in [1.29, 1.82) is 0 Å². The molecule has 1 aromatic carbocycles. The number of benzene rings is 1. The van der Waals surface area contributed by atoms with E-state index in [1.807, 2.05) is 26.0 Å². The normalized spacial score (nSPS) is 12.0. The van der Waals surface area contributed by atoms with E-state index in [1.54, 1.807) is 17.5 Å². The molecule has 0 bridgehead atoms.